The summed E-state index contributed by atoms with van der Waals surface area (Å²) >= 11 is 1.40. The zero-order valence-electron chi connectivity index (χ0n) is 16.8. The Balaban J connectivity index is 2.02. The third kappa shape index (κ3) is 5.12. The summed E-state index contributed by atoms with van der Waals surface area (Å²) in [6.45, 7) is 6.97. The zero-order chi connectivity index (χ0) is 20.8. The Kier molecular flexibility index (Phi) is 6.82. The van der Waals surface area contributed by atoms with Crippen LogP contribution in [0.15, 0.2) is 47.5 Å². The Morgan fingerprint density at radius 3 is 2.52 bits per heavy atom. The summed E-state index contributed by atoms with van der Waals surface area (Å²) in [5.74, 6) is 0.169. The van der Waals surface area contributed by atoms with E-state index in [1.165, 1.54) is 11.3 Å². The van der Waals surface area contributed by atoms with Gasteiger partial charge in [0.15, 0.2) is 4.80 Å². The lowest BCUT2D eigenvalue weighted by Gasteiger charge is -2.06. The van der Waals surface area contributed by atoms with Crippen LogP contribution in [0, 0.1) is 6.92 Å². The van der Waals surface area contributed by atoms with Crippen molar-refractivity contribution in [1.29, 1.82) is 0 Å². The van der Waals surface area contributed by atoms with Gasteiger partial charge in [0.1, 0.15) is 5.75 Å². The summed E-state index contributed by atoms with van der Waals surface area (Å²) in [4.78, 5) is 29.4. The largest absolute Gasteiger partial charge is 0.494 e. The smallest absolute Gasteiger partial charge is 0.307 e. The van der Waals surface area contributed by atoms with Crippen LogP contribution in [0.25, 0.3) is 10.2 Å². The van der Waals surface area contributed by atoms with E-state index in [-0.39, 0.29) is 18.3 Å². The van der Waals surface area contributed by atoms with Gasteiger partial charge in [-0.2, -0.15) is 4.99 Å². The SMILES string of the molecule is CCOC(=O)CCn1c(=NC(=O)c2ccc(C)cc2)sc2cc(OCC)ccc21. The van der Waals surface area contributed by atoms with Crippen molar-refractivity contribution in [2.75, 3.05) is 13.2 Å². The number of carbonyl (C=O) groups excluding carboxylic acids is 2. The minimum atomic E-state index is -0.313. The molecule has 3 rings (SSSR count). The van der Waals surface area contributed by atoms with Gasteiger partial charge in [-0.1, -0.05) is 29.0 Å². The molecule has 0 aliphatic carbocycles. The number of aromatic nitrogens is 1. The molecule has 0 saturated heterocycles. The quantitative estimate of drug-likeness (QED) is 0.548. The molecule has 0 N–H and O–H groups in total. The van der Waals surface area contributed by atoms with Crippen molar-refractivity contribution < 1.29 is 19.1 Å². The molecular weight excluding hydrogens is 388 g/mol. The molecule has 0 bridgehead atoms. The van der Waals surface area contributed by atoms with Gasteiger partial charge in [-0.3, -0.25) is 9.59 Å². The Morgan fingerprint density at radius 1 is 1.07 bits per heavy atom. The fourth-order valence-electron chi connectivity index (χ4n) is 2.90. The number of thiazole rings is 1. The van der Waals surface area contributed by atoms with Crippen LogP contribution in [-0.2, 0) is 16.1 Å². The minimum absolute atomic E-state index is 0.207. The first-order valence-electron chi connectivity index (χ1n) is 9.59. The molecule has 0 aliphatic rings. The summed E-state index contributed by atoms with van der Waals surface area (Å²) in [6, 6.07) is 13.0. The van der Waals surface area contributed by atoms with Crippen molar-refractivity contribution in [3.05, 3.63) is 58.4 Å². The van der Waals surface area contributed by atoms with Crippen LogP contribution in [0.3, 0.4) is 0 Å². The minimum Gasteiger partial charge on any atom is -0.494 e. The second kappa shape index (κ2) is 9.52. The summed E-state index contributed by atoms with van der Waals surface area (Å²) < 4.78 is 13.4. The highest BCUT2D eigenvalue weighted by Crippen LogP contribution is 2.24. The standard InChI is InChI=1S/C22H24N2O4S/c1-4-27-17-10-11-18-19(14-17)29-22(24(18)13-12-20(25)28-5-2)23-21(26)16-8-6-15(3)7-9-16/h6-11,14H,4-5,12-13H2,1-3H3. The number of hydrogen-bond donors (Lipinski definition) is 0. The van der Waals surface area contributed by atoms with Crippen molar-refractivity contribution in [2.45, 2.75) is 33.7 Å². The van der Waals surface area contributed by atoms with E-state index >= 15 is 0 Å². The lowest BCUT2D eigenvalue weighted by Crippen LogP contribution is -2.19. The van der Waals surface area contributed by atoms with E-state index in [0.29, 0.717) is 30.1 Å². The van der Waals surface area contributed by atoms with E-state index in [1.54, 1.807) is 19.1 Å². The van der Waals surface area contributed by atoms with E-state index in [2.05, 4.69) is 4.99 Å². The molecule has 152 valence electrons. The van der Waals surface area contributed by atoms with Gasteiger partial charge in [-0.15, -0.1) is 0 Å². The number of benzene rings is 2. The van der Waals surface area contributed by atoms with Gasteiger partial charge in [0, 0.05) is 12.1 Å². The highest BCUT2D eigenvalue weighted by molar-refractivity contribution is 7.16. The normalized spacial score (nSPS) is 11.6. The summed E-state index contributed by atoms with van der Waals surface area (Å²) in [6.07, 6.45) is 0.207. The molecular formula is C22H24N2O4S. The number of hydrogen-bond acceptors (Lipinski definition) is 5. The topological polar surface area (TPSA) is 69.9 Å². The van der Waals surface area contributed by atoms with Crippen LogP contribution in [0.5, 0.6) is 5.75 Å². The fraction of sp³-hybridized carbons (Fsp3) is 0.318. The number of carbonyl (C=O) groups is 2. The molecule has 7 heteroatoms. The van der Waals surface area contributed by atoms with Crippen LogP contribution >= 0.6 is 11.3 Å². The molecule has 29 heavy (non-hydrogen) atoms. The van der Waals surface area contributed by atoms with Crippen molar-refractivity contribution in [3.8, 4) is 5.75 Å². The monoisotopic (exact) mass is 412 g/mol. The van der Waals surface area contributed by atoms with Gasteiger partial charge in [0.2, 0.25) is 0 Å². The van der Waals surface area contributed by atoms with Crippen LogP contribution < -0.4 is 9.54 Å². The van der Waals surface area contributed by atoms with Gasteiger partial charge in [0.05, 0.1) is 29.9 Å². The van der Waals surface area contributed by atoms with E-state index in [9.17, 15) is 9.59 Å². The molecule has 0 unspecified atom stereocenters. The Labute approximate surface area is 173 Å². The second-order valence-electron chi connectivity index (χ2n) is 6.44. The molecule has 6 nitrogen and oxygen atoms in total. The van der Waals surface area contributed by atoms with Gasteiger partial charge >= 0.3 is 5.97 Å². The van der Waals surface area contributed by atoms with Crippen molar-refractivity contribution in [2.24, 2.45) is 4.99 Å². The van der Waals surface area contributed by atoms with Crippen LogP contribution in [0.2, 0.25) is 0 Å². The maximum atomic E-state index is 12.7. The third-order valence-corrected chi connectivity index (χ3v) is 5.35. The molecule has 0 spiro atoms. The molecule has 1 aromatic heterocycles. The van der Waals surface area contributed by atoms with E-state index in [0.717, 1.165) is 21.5 Å². The summed E-state index contributed by atoms with van der Waals surface area (Å²) in [7, 11) is 0. The van der Waals surface area contributed by atoms with E-state index in [1.807, 2.05) is 48.7 Å². The molecule has 0 saturated carbocycles. The van der Waals surface area contributed by atoms with Crippen molar-refractivity contribution >= 4 is 33.4 Å². The Hall–Kier alpha value is -2.93. The summed E-state index contributed by atoms with van der Waals surface area (Å²) in [5, 5.41) is 0. The Morgan fingerprint density at radius 2 is 1.83 bits per heavy atom. The van der Waals surface area contributed by atoms with E-state index in [4.69, 9.17) is 9.47 Å². The van der Waals surface area contributed by atoms with Gasteiger partial charge < -0.3 is 14.0 Å². The maximum absolute atomic E-state index is 12.7. The molecule has 3 aromatic rings. The lowest BCUT2D eigenvalue weighted by atomic mass is 10.1. The highest BCUT2D eigenvalue weighted by Gasteiger charge is 2.12. The molecule has 1 amide bonds. The number of nitrogens with zero attached hydrogens (tertiary/aromatic N) is 2. The van der Waals surface area contributed by atoms with Crippen LogP contribution in [-0.4, -0.2) is 29.7 Å². The molecule has 0 atom stereocenters. The number of ether oxygens (including phenoxy) is 2. The average molecular weight is 413 g/mol. The van der Waals surface area contributed by atoms with Gasteiger partial charge in [-0.25, -0.2) is 0 Å². The average Bonchev–Trinajstić information content (AvgIpc) is 3.03. The number of aryl methyl sites for hydroxylation is 2. The Bertz CT molecular complexity index is 1080. The van der Waals surface area contributed by atoms with Crippen LogP contribution in [0.1, 0.15) is 36.2 Å². The third-order valence-electron chi connectivity index (χ3n) is 4.31. The molecule has 0 aliphatic heterocycles. The number of esters is 1. The highest BCUT2D eigenvalue weighted by atomic mass is 32.1. The predicted molar refractivity (Wildman–Crippen MR) is 113 cm³/mol. The fourth-order valence-corrected chi connectivity index (χ4v) is 3.98. The van der Waals surface area contributed by atoms with Gasteiger partial charge in [-0.05, 0) is 51.1 Å². The predicted octanol–water partition coefficient (Wildman–Crippen LogP) is 4.10. The maximum Gasteiger partial charge on any atom is 0.307 e. The first-order valence-corrected chi connectivity index (χ1v) is 10.4. The first-order chi connectivity index (χ1) is 14.0. The summed E-state index contributed by atoms with van der Waals surface area (Å²) in [5.41, 5.74) is 2.51. The van der Waals surface area contributed by atoms with Crippen molar-refractivity contribution in [3.63, 3.8) is 0 Å². The number of amides is 1. The molecule has 0 fully saturated rings. The van der Waals surface area contributed by atoms with Gasteiger partial charge in [0.25, 0.3) is 5.91 Å². The van der Waals surface area contributed by atoms with Crippen molar-refractivity contribution in [1.82, 2.24) is 4.57 Å². The zero-order valence-corrected chi connectivity index (χ0v) is 17.6. The number of rotatable bonds is 7. The lowest BCUT2D eigenvalue weighted by molar-refractivity contribution is -0.143. The number of fused-ring (bicyclic) bond motifs is 1. The molecule has 0 radical (unpaired) electrons. The molecule has 1 heterocycles. The second-order valence-corrected chi connectivity index (χ2v) is 7.45. The van der Waals surface area contributed by atoms with Crippen LogP contribution in [0.4, 0.5) is 0 Å². The first kappa shape index (κ1) is 20.8. The molecule has 2 aromatic carbocycles. The van der Waals surface area contributed by atoms with E-state index < -0.39 is 0 Å².